The van der Waals surface area contributed by atoms with Crippen LogP contribution in [0.1, 0.15) is 47.0 Å². The van der Waals surface area contributed by atoms with E-state index < -0.39 is 40.2 Å². The maximum atomic E-state index is 14.2. The average molecular weight is 558 g/mol. The molecule has 3 rings (SSSR count). The third-order valence-electron chi connectivity index (χ3n) is 7.26. The van der Waals surface area contributed by atoms with E-state index in [0.717, 1.165) is 0 Å². The summed E-state index contributed by atoms with van der Waals surface area (Å²) < 4.78 is 4.77. The molecule has 0 saturated carbocycles. The molecule has 0 aliphatic carbocycles. The Hall–Kier alpha value is -1.32. The molecule has 3 unspecified atom stereocenters. The molecule has 7 atom stereocenters. The Bertz CT molecular complexity index is 842. The van der Waals surface area contributed by atoms with Crippen LogP contribution in [0.15, 0.2) is 25.3 Å². The number of hydrogen-bond acceptors (Lipinski definition) is 6. The highest BCUT2D eigenvalue weighted by Crippen LogP contribution is 2.68. The fourth-order valence-electron chi connectivity index (χ4n) is 5.73. The molecule has 2 amide bonds. The molecule has 3 heterocycles. The highest BCUT2D eigenvalue weighted by molar-refractivity contribution is 9.09. The molecule has 1 N–H and O–H groups in total. The predicted molar refractivity (Wildman–Crippen MR) is 138 cm³/mol. The van der Waals surface area contributed by atoms with Crippen molar-refractivity contribution in [3.05, 3.63) is 25.3 Å². The third-order valence-corrected chi connectivity index (χ3v) is 10.5. The van der Waals surface area contributed by atoms with Gasteiger partial charge in [0, 0.05) is 22.2 Å². The number of likely N-dealkylation sites (tertiary alicyclic amines) is 1. The van der Waals surface area contributed by atoms with Crippen LogP contribution in [-0.4, -0.2) is 84.9 Å². The number of nitrogens with zero attached hydrogens (tertiary/aromatic N) is 2. The molecule has 3 aliphatic rings. The van der Waals surface area contributed by atoms with Crippen LogP contribution in [-0.2, 0) is 19.1 Å². The lowest BCUT2D eigenvalue weighted by Crippen LogP contribution is -2.60. The van der Waals surface area contributed by atoms with Crippen LogP contribution >= 0.6 is 27.7 Å². The number of hydrogen-bond donors (Lipinski definition) is 1. The van der Waals surface area contributed by atoms with Gasteiger partial charge in [0.1, 0.15) is 6.04 Å². The number of fused-ring (bicyclic) bond motifs is 1. The molecule has 9 heteroatoms. The molecule has 2 bridgehead atoms. The van der Waals surface area contributed by atoms with Crippen molar-refractivity contribution in [3.63, 3.8) is 0 Å². The monoisotopic (exact) mass is 556 g/mol. The number of carbonyl (C=O) groups is 3. The van der Waals surface area contributed by atoms with Gasteiger partial charge in [-0.05, 0) is 40.0 Å². The van der Waals surface area contributed by atoms with E-state index in [1.807, 2.05) is 27.7 Å². The summed E-state index contributed by atoms with van der Waals surface area (Å²) in [4.78, 5) is 44.8. The van der Waals surface area contributed by atoms with Crippen molar-refractivity contribution in [2.75, 3.05) is 19.8 Å². The van der Waals surface area contributed by atoms with Gasteiger partial charge in [-0.3, -0.25) is 14.4 Å². The Morgan fingerprint density at radius 2 is 2.06 bits per heavy atom. The number of halogens is 1. The van der Waals surface area contributed by atoms with Crippen molar-refractivity contribution in [1.82, 2.24) is 9.80 Å². The molecule has 1 spiro atoms. The van der Waals surface area contributed by atoms with Gasteiger partial charge in [0.2, 0.25) is 11.8 Å². The lowest BCUT2D eigenvalue weighted by atomic mass is 9.71. The summed E-state index contributed by atoms with van der Waals surface area (Å²) in [7, 11) is 0. The summed E-state index contributed by atoms with van der Waals surface area (Å²) in [6.07, 6.45) is 5.01. The molecule has 0 radical (unpaired) electrons. The fraction of sp³-hybridized carbons (Fsp3) is 0.720. The van der Waals surface area contributed by atoms with Crippen LogP contribution in [0, 0.1) is 11.8 Å². The number of alkyl halides is 1. The van der Waals surface area contributed by atoms with Crippen LogP contribution in [0.25, 0.3) is 0 Å². The van der Waals surface area contributed by atoms with E-state index >= 15 is 0 Å². The maximum Gasteiger partial charge on any atom is 0.310 e. The summed E-state index contributed by atoms with van der Waals surface area (Å²) in [6.45, 7) is 15.6. The van der Waals surface area contributed by atoms with E-state index in [-0.39, 0.29) is 35.1 Å². The molecule has 0 aromatic rings. The van der Waals surface area contributed by atoms with Crippen LogP contribution < -0.4 is 0 Å². The normalized spacial score (nSPS) is 32.9. The minimum Gasteiger partial charge on any atom is -0.465 e. The van der Waals surface area contributed by atoms with Crippen molar-refractivity contribution in [1.29, 1.82) is 0 Å². The summed E-state index contributed by atoms with van der Waals surface area (Å²) in [5, 5.41) is 10.0. The minimum absolute atomic E-state index is 0.0227. The van der Waals surface area contributed by atoms with E-state index in [1.165, 1.54) is 0 Å². The summed E-state index contributed by atoms with van der Waals surface area (Å²) in [5.41, 5.74) is -0.492. The number of rotatable bonds is 10. The second-order valence-electron chi connectivity index (χ2n) is 10.3. The van der Waals surface area contributed by atoms with Gasteiger partial charge in [0.25, 0.3) is 0 Å². The predicted octanol–water partition coefficient (Wildman–Crippen LogP) is 3.15. The van der Waals surface area contributed by atoms with Gasteiger partial charge < -0.3 is 19.6 Å². The number of aliphatic hydroxyl groups excluding tert-OH is 1. The molecule has 3 aliphatic heterocycles. The first-order valence-electron chi connectivity index (χ1n) is 11.9. The quantitative estimate of drug-likeness (QED) is 0.192. The van der Waals surface area contributed by atoms with Gasteiger partial charge >= 0.3 is 5.97 Å². The van der Waals surface area contributed by atoms with Gasteiger partial charge in [-0.2, -0.15) is 0 Å². The van der Waals surface area contributed by atoms with Crippen LogP contribution in [0.2, 0.25) is 0 Å². The molecule has 34 heavy (non-hydrogen) atoms. The van der Waals surface area contributed by atoms with Gasteiger partial charge in [-0.1, -0.05) is 35.0 Å². The van der Waals surface area contributed by atoms with E-state index in [2.05, 4.69) is 29.1 Å². The van der Waals surface area contributed by atoms with Crippen LogP contribution in [0.5, 0.6) is 0 Å². The van der Waals surface area contributed by atoms with Gasteiger partial charge in [0.15, 0.2) is 0 Å². The zero-order valence-electron chi connectivity index (χ0n) is 20.5. The number of esters is 1. The number of amides is 2. The SMILES string of the molecule is C=CCCOC(=O)[C@H]1[C@H]2C(=O)N([C@@H](CC)CO)C(C(=O)N(CC=C)C(C)(C)C)C23CC(Br)[C@@H]1S3. The molecular weight excluding hydrogens is 520 g/mol. The van der Waals surface area contributed by atoms with Crippen molar-refractivity contribution < 1.29 is 24.2 Å². The number of aliphatic hydroxyl groups is 1. The van der Waals surface area contributed by atoms with Crippen LogP contribution in [0.3, 0.4) is 0 Å². The number of thioether (sulfide) groups is 1. The van der Waals surface area contributed by atoms with E-state index in [4.69, 9.17) is 4.74 Å². The highest BCUT2D eigenvalue weighted by Gasteiger charge is 2.76. The molecular formula is C25H37BrN2O5S. The molecule has 0 aromatic carbocycles. The number of carbonyl (C=O) groups excluding carboxylic acids is 3. The second-order valence-corrected chi connectivity index (χ2v) is 13.0. The van der Waals surface area contributed by atoms with Crippen LogP contribution in [0.4, 0.5) is 0 Å². The first-order chi connectivity index (χ1) is 16.0. The number of ether oxygens (including phenoxy) is 1. The Labute approximate surface area is 215 Å². The zero-order valence-corrected chi connectivity index (χ0v) is 22.9. The Morgan fingerprint density at radius 3 is 2.59 bits per heavy atom. The van der Waals surface area contributed by atoms with E-state index in [0.29, 0.717) is 25.8 Å². The fourth-order valence-corrected chi connectivity index (χ4v) is 9.31. The van der Waals surface area contributed by atoms with E-state index in [1.54, 1.807) is 33.7 Å². The summed E-state index contributed by atoms with van der Waals surface area (Å²) >= 11 is 5.32. The Morgan fingerprint density at radius 1 is 1.38 bits per heavy atom. The van der Waals surface area contributed by atoms with Crippen molar-refractivity contribution in [3.8, 4) is 0 Å². The zero-order chi connectivity index (χ0) is 25.4. The molecule has 0 aromatic heterocycles. The molecule has 7 nitrogen and oxygen atoms in total. The third kappa shape index (κ3) is 4.37. The molecule has 190 valence electrons. The molecule has 3 fully saturated rings. The molecule has 3 saturated heterocycles. The van der Waals surface area contributed by atoms with E-state index in [9.17, 15) is 19.5 Å². The Kier molecular flexibility index (Phi) is 8.30. The van der Waals surface area contributed by atoms with Crippen molar-refractivity contribution in [2.45, 2.75) is 79.4 Å². The summed E-state index contributed by atoms with van der Waals surface area (Å²) in [6, 6.07) is -1.28. The van der Waals surface area contributed by atoms with Gasteiger partial charge in [-0.25, -0.2) is 0 Å². The second kappa shape index (κ2) is 10.3. The largest absolute Gasteiger partial charge is 0.465 e. The first kappa shape index (κ1) is 27.3. The lowest BCUT2D eigenvalue weighted by molar-refractivity contribution is -0.154. The Balaban J connectivity index is 2.10. The van der Waals surface area contributed by atoms with Crippen molar-refractivity contribution >= 4 is 45.5 Å². The topological polar surface area (TPSA) is 87.1 Å². The minimum atomic E-state index is -0.776. The average Bonchev–Trinajstić information content (AvgIpc) is 3.36. The van der Waals surface area contributed by atoms with Gasteiger partial charge in [-0.15, -0.1) is 24.9 Å². The maximum absolute atomic E-state index is 14.2. The highest BCUT2D eigenvalue weighted by atomic mass is 79.9. The smallest absolute Gasteiger partial charge is 0.310 e. The van der Waals surface area contributed by atoms with Crippen molar-refractivity contribution in [2.24, 2.45) is 11.8 Å². The lowest BCUT2D eigenvalue weighted by Gasteiger charge is -2.43. The standard InChI is InChI=1S/C25H37BrN2O5S/c1-7-10-12-33-23(32)17-18-21(30)28(15(9-3)14-29)20(25(18)13-16(26)19(17)34-25)22(31)27(11-8-2)24(4,5)6/h7-8,15-20,29H,1-2,9-14H2,3-6H3/t15-,16?,17-,18-,19-,20?,25?/m0/s1. The summed E-state index contributed by atoms with van der Waals surface area (Å²) in [5.74, 6) is -2.09. The first-order valence-corrected chi connectivity index (χ1v) is 13.7. The van der Waals surface area contributed by atoms with Gasteiger partial charge in [0.05, 0.1) is 35.8 Å².